The van der Waals surface area contributed by atoms with Gasteiger partial charge in [-0.05, 0) is 47.5 Å². The SMILES string of the molecule is COc1ccccc1C(CNCc1cc(C(F)(F)F)cc(C(F)(F)F)c1)N1CCN(Cc2ccc3c(c2)OCO3)CC1. The molecule has 226 valence electrons. The third-order valence-electron chi connectivity index (χ3n) is 7.50. The van der Waals surface area contributed by atoms with Crippen LogP contribution >= 0.6 is 0 Å². The summed E-state index contributed by atoms with van der Waals surface area (Å²) in [6.45, 7) is 4.02. The van der Waals surface area contributed by atoms with Gasteiger partial charge in [0, 0.05) is 51.4 Å². The summed E-state index contributed by atoms with van der Waals surface area (Å²) in [5.74, 6) is 2.12. The van der Waals surface area contributed by atoms with Gasteiger partial charge in [0.05, 0.1) is 24.3 Å². The molecule has 0 saturated carbocycles. The van der Waals surface area contributed by atoms with Crippen molar-refractivity contribution in [3.63, 3.8) is 0 Å². The van der Waals surface area contributed by atoms with E-state index in [-0.39, 0.29) is 31.0 Å². The summed E-state index contributed by atoms with van der Waals surface area (Å²) in [6.07, 6.45) is -9.79. The molecule has 1 unspecified atom stereocenters. The molecule has 0 amide bonds. The van der Waals surface area contributed by atoms with Crippen molar-refractivity contribution < 1.29 is 40.6 Å². The smallest absolute Gasteiger partial charge is 0.416 e. The van der Waals surface area contributed by atoms with E-state index in [9.17, 15) is 26.3 Å². The van der Waals surface area contributed by atoms with Crippen molar-refractivity contribution in [2.45, 2.75) is 31.5 Å². The van der Waals surface area contributed by atoms with Crippen LogP contribution in [0.1, 0.15) is 33.9 Å². The van der Waals surface area contributed by atoms with Crippen molar-refractivity contribution in [2.24, 2.45) is 0 Å². The van der Waals surface area contributed by atoms with E-state index < -0.39 is 23.5 Å². The zero-order chi connectivity index (χ0) is 29.9. The van der Waals surface area contributed by atoms with Gasteiger partial charge >= 0.3 is 12.4 Å². The molecule has 0 aromatic heterocycles. The molecule has 0 spiro atoms. The van der Waals surface area contributed by atoms with Crippen LogP contribution in [0.5, 0.6) is 17.2 Å². The molecule has 3 aromatic rings. The fourth-order valence-corrected chi connectivity index (χ4v) is 5.38. The van der Waals surface area contributed by atoms with Crippen molar-refractivity contribution in [1.29, 1.82) is 0 Å². The molecule has 2 aliphatic heterocycles. The molecular formula is C30H31F6N3O3. The van der Waals surface area contributed by atoms with Gasteiger partial charge in [0.25, 0.3) is 0 Å². The number of ether oxygens (including phenoxy) is 3. The van der Waals surface area contributed by atoms with Crippen molar-refractivity contribution in [1.82, 2.24) is 15.1 Å². The number of fused-ring (bicyclic) bond motifs is 1. The summed E-state index contributed by atoms with van der Waals surface area (Å²) in [6, 6.07) is 14.8. The lowest BCUT2D eigenvalue weighted by Gasteiger charge is -2.40. The normalized spacial score (nSPS) is 16.9. The standard InChI is InChI=1S/C30H31F6N3O3/c1-40-26-5-3-2-4-24(26)25(17-37-16-21-12-22(29(31,32)33)15-23(13-21)30(34,35)36)39-10-8-38(9-11-39)18-20-6-7-27-28(14-20)42-19-41-27/h2-7,12-15,25,37H,8-11,16-19H2,1H3. The van der Waals surface area contributed by atoms with Gasteiger partial charge < -0.3 is 19.5 Å². The summed E-state index contributed by atoms with van der Waals surface area (Å²) in [7, 11) is 1.56. The fraction of sp³-hybridized carbons (Fsp3) is 0.400. The molecule has 6 nitrogen and oxygen atoms in total. The minimum Gasteiger partial charge on any atom is -0.496 e. The Morgan fingerprint density at radius 1 is 0.810 bits per heavy atom. The molecule has 42 heavy (non-hydrogen) atoms. The summed E-state index contributed by atoms with van der Waals surface area (Å²) < 4.78 is 96.5. The van der Waals surface area contributed by atoms with Crippen LogP contribution in [-0.4, -0.2) is 56.4 Å². The van der Waals surface area contributed by atoms with Crippen molar-refractivity contribution in [3.8, 4) is 17.2 Å². The lowest BCUT2D eigenvalue weighted by molar-refractivity contribution is -0.143. The Morgan fingerprint density at radius 2 is 1.48 bits per heavy atom. The first kappa shape index (κ1) is 30.0. The highest BCUT2D eigenvalue weighted by molar-refractivity contribution is 5.44. The first-order chi connectivity index (χ1) is 20.0. The maximum absolute atomic E-state index is 13.3. The van der Waals surface area contributed by atoms with Gasteiger partial charge in [-0.2, -0.15) is 26.3 Å². The monoisotopic (exact) mass is 595 g/mol. The maximum Gasteiger partial charge on any atom is 0.416 e. The maximum atomic E-state index is 13.3. The molecule has 0 radical (unpaired) electrons. The number of hydrogen-bond acceptors (Lipinski definition) is 6. The molecule has 1 saturated heterocycles. The molecule has 1 atom stereocenters. The molecule has 2 heterocycles. The molecule has 0 bridgehead atoms. The Morgan fingerprint density at radius 3 is 2.14 bits per heavy atom. The van der Waals surface area contributed by atoms with E-state index in [4.69, 9.17) is 14.2 Å². The number of benzene rings is 3. The third kappa shape index (κ3) is 7.11. The lowest BCUT2D eigenvalue weighted by atomic mass is 10.0. The number of nitrogens with zero attached hydrogens (tertiary/aromatic N) is 2. The second-order valence-electron chi connectivity index (χ2n) is 10.3. The Bertz CT molecular complexity index is 1340. The first-order valence-electron chi connectivity index (χ1n) is 13.5. The lowest BCUT2D eigenvalue weighted by Crippen LogP contribution is -2.49. The van der Waals surface area contributed by atoms with Crippen LogP contribution in [-0.2, 0) is 25.4 Å². The number of piperazine rings is 1. The number of rotatable bonds is 9. The molecule has 0 aliphatic carbocycles. The van der Waals surface area contributed by atoms with Crippen LogP contribution in [0.3, 0.4) is 0 Å². The van der Waals surface area contributed by atoms with Crippen molar-refractivity contribution in [2.75, 3.05) is 46.6 Å². The van der Waals surface area contributed by atoms with Gasteiger partial charge in [0.15, 0.2) is 11.5 Å². The van der Waals surface area contributed by atoms with Gasteiger partial charge in [0.1, 0.15) is 5.75 Å². The molecule has 1 fully saturated rings. The Labute approximate surface area is 239 Å². The second-order valence-corrected chi connectivity index (χ2v) is 10.3. The van der Waals surface area contributed by atoms with Crippen molar-refractivity contribution in [3.05, 3.63) is 88.5 Å². The second kappa shape index (κ2) is 12.4. The first-order valence-corrected chi connectivity index (χ1v) is 13.5. The van der Waals surface area contributed by atoms with Gasteiger partial charge in [-0.25, -0.2) is 0 Å². The summed E-state index contributed by atoms with van der Waals surface area (Å²) in [4.78, 5) is 4.58. The predicted octanol–water partition coefficient (Wildman–Crippen LogP) is 6.11. The minimum absolute atomic E-state index is 0.0931. The van der Waals surface area contributed by atoms with Crippen LogP contribution in [0.2, 0.25) is 0 Å². The topological polar surface area (TPSA) is 46.2 Å². The van der Waals surface area contributed by atoms with E-state index in [1.165, 1.54) is 0 Å². The molecule has 2 aliphatic rings. The minimum atomic E-state index is -4.89. The van der Waals surface area contributed by atoms with Gasteiger partial charge in [0.2, 0.25) is 6.79 Å². The number of nitrogens with one attached hydrogen (secondary N) is 1. The van der Waals surface area contributed by atoms with Gasteiger partial charge in [-0.1, -0.05) is 24.3 Å². The van der Waals surface area contributed by atoms with Crippen molar-refractivity contribution >= 4 is 0 Å². The van der Waals surface area contributed by atoms with Crippen LogP contribution in [0, 0.1) is 0 Å². The third-order valence-corrected chi connectivity index (χ3v) is 7.50. The highest BCUT2D eigenvalue weighted by Crippen LogP contribution is 2.37. The van der Waals surface area contributed by atoms with Gasteiger partial charge in [-0.3, -0.25) is 9.80 Å². The molecule has 3 aromatic carbocycles. The molecule has 12 heteroatoms. The molecule has 1 N–H and O–H groups in total. The van der Waals surface area contributed by atoms with E-state index in [0.717, 1.165) is 54.4 Å². The molecular weight excluding hydrogens is 564 g/mol. The average Bonchev–Trinajstić information content (AvgIpc) is 3.43. The number of halogens is 6. The Kier molecular flexibility index (Phi) is 8.86. The summed E-state index contributed by atoms with van der Waals surface area (Å²) >= 11 is 0. The quantitative estimate of drug-likeness (QED) is 0.302. The molecule has 5 rings (SSSR count). The van der Waals surface area contributed by atoms with E-state index >= 15 is 0 Å². The number of methoxy groups -OCH3 is 1. The number of hydrogen-bond donors (Lipinski definition) is 1. The van der Waals surface area contributed by atoms with E-state index in [1.807, 2.05) is 42.5 Å². The predicted molar refractivity (Wildman–Crippen MR) is 143 cm³/mol. The van der Waals surface area contributed by atoms with E-state index in [2.05, 4.69) is 15.1 Å². The zero-order valence-electron chi connectivity index (χ0n) is 22.9. The highest BCUT2D eigenvalue weighted by Gasteiger charge is 2.37. The number of para-hydroxylation sites is 1. The summed E-state index contributed by atoms with van der Waals surface area (Å²) in [5.41, 5.74) is -0.751. The zero-order valence-corrected chi connectivity index (χ0v) is 22.9. The van der Waals surface area contributed by atoms with Crippen LogP contribution in [0.4, 0.5) is 26.3 Å². The van der Waals surface area contributed by atoms with Crippen LogP contribution in [0.15, 0.2) is 60.7 Å². The fourth-order valence-electron chi connectivity index (χ4n) is 5.38. The average molecular weight is 596 g/mol. The van der Waals surface area contributed by atoms with E-state index in [0.29, 0.717) is 25.4 Å². The van der Waals surface area contributed by atoms with E-state index in [1.54, 1.807) is 7.11 Å². The Hall–Kier alpha value is -3.48. The summed E-state index contributed by atoms with van der Waals surface area (Å²) in [5, 5.41) is 3.11. The number of alkyl halides is 6. The Balaban J connectivity index is 1.28. The van der Waals surface area contributed by atoms with Crippen LogP contribution < -0.4 is 19.5 Å². The van der Waals surface area contributed by atoms with Crippen LogP contribution in [0.25, 0.3) is 0 Å². The van der Waals surface area contributed by atoms with Gasteiger partial charge in [-0.15, -0.1) is 0 Å². The largest absolute Gasteiger partial charge is 0.496 e. The highest BCUT2D eigenvalue weighted by atomic mass is 19.4.